The van der Waals surface area contributed by atoms with Crippen LogP contribution < -0.4 is 5.73 Å². The smallest absolute Gasteiger partial charge is 0.272 e. The van der Waals surface area contributed by atoms with E-state index in [9.17, 15) is 4.79 Å². The molecule has 1 amide bonds. The van der Waals surface area contributed by atoms with Crippen molar-refractivity contribution in [2.75, 3.05) is 18.8 Å². The molecule has 0 unspecified atom stereocenters. The second-order valence-corrected chi connectivity index (χ2v) is 5.67. The Bertz CT molecular complexity index is 646. The number of amides is 1. The van der Waals surface area contributed by atoms with Crippen LogP contribution in [-0.4, -0.2) is 28.9 Å². The standard InChI is InChI=1S/C17H21N3O/c18-16-14-9-5-4-8-13(14)12-15(19-16)17(21)20-10-6-2-1-3-7-11-20/h4-5,8-9,12H,1-3,6-7,10-11H2,(H2,18,19). The normalized spacial score (nSPS) is 16.5. The lowest BCUT2D eigenvalue weighted by Crippen LogP contribution is -2.34. The average molecular weight is 283 g/mol. The van der Waals surface area contributed by atoms with Gasteiger partial charge in [-0.3, -0.25) is 4.79 Å². The molecule has 21 heavy (non-hydrogen) atoms. The third kappa shape index (κ3) is 2.99. The molecule has 0 spiro atoms. The fraction of sp³-hybridized carbons (Fsp3) is 0.412. The van der Waals surface area contributed by atoms with E-state index in [0.29, 0.717) is 11.5 Å². The minimum atomic E-state index is 0.00866. The van der Waals surface area contributed by atoms with E-state index in [1.807, 2.05) is 35.2 Å². The summed E-state index contributed by atoms with van der Waals surface area (Å²) in [6.45, 7) is 1.65. The first kappa shape index (κ1) is 13.9. The fourth-order valence-electron chi connectivity index (χ4n) is 2.95. The molecule has 0 radical (unpaired) electrons. The third-order valence-electron chi connectivity index (χ3n) is 4.13. The average Bonchev–Trinajstić information content (AvgIpc) is 2.46. The van der Waals surface area contributed by atoms with Crippen LogP contribution in [0.15, 0.2) is 30.3 Å². The number of anilines is 1. The molecule has 0 atom stereocenters. The molecule has 4 heteroatoms. The van der Waals surface area contributed by atoms with Gasteiger partial charge in [0.15, 0.2) is 0 Å². The highest BCUT2D eigenvalue weighted by Crippen LogP contribution is 2.21. The number of likely N-dealkylation sites (tertiary alicyclic amines) is 1. The predicted octanol–water partition coefficient (Wildman–Crippen LogP) is 3.22. The van der Waals surface area contributed by atoms with Crippen LogP contribution in [0.25, 0.3) is 10.8 Å². The lowest BCUT2D eigenvalue weighted by Gasteiger charge is -2.24. The van der Waals surface area contributed by atoms with Crippen LogP contribution >= 0.6 is 0 Å². The molecule has 0 bridgehead atoms. The highest BCUT2D eigenvalue weighted by molar-refractivity contribution is 5.99. The van der Waals surface area contributed by atoms with E-state index in [1.165, 1.54) is 19.3 Å². The third-order valence-corrected chi connectivity index (χ3v) is 4.13. The largest absolute Gasteiger partial charge is 0.383 e. The molecule has 3 rings (SSSR count). The van der Waals surface area contributed by atoms with Crippen LogP contribution in [0.1, 0.15) is 42.6 Å². The summed E-state index contributed by atoms with van der Waals surface area (Å²) < 4.78 is 0. The van der Waals surface area contributed by atoms with E-state index in [2.05, 4.69) is 4.98 Å². The number of hydrogen-bond acceptors (Lipinski definition) is 3. The monoisotopic (exact) mass is 283 g/mol. The summed E-state index contributed by atoms with van der Waals surface area (Å²) in [4.78, 5) is 18.9. The number of carbonyl (C=O) groups is 1. The summed E-state index contributed by atoms with van der Waals surface area (Å²) in [5.41, 5.74) is 6.46. The van der Waals surface area contributed by atoms with Crippen molar-refractivity contribution in [3.05, 3.63) is 36.0 Å². The van der Waals surface area contributed by atoms with Gasteiger partial charge in [-0.05, 0) is 24.3 Å². The maximum absolute atomic E-state index is 12.7. The van der Waals surface area contributed by atoms with Crippen molar-refractivity contribution in [1.29, 1.82) is 0 Å². The summed E-state index contributed by atoms with van der Waals surface area (Å²) in [6, 6.07) is 9.64. The molecular formula is C17H21N3O. The van der Waals surface area contributed by atoms with Gasteiger partial charge in [0.25, 0.3) is 5.91 Å². The van der Waals surface area contributed by atoms with Crippen molar-refractivity contribution >= 4 is 22.5 Å². The van der Waals surface area contributed by atoms with E-state index < -0.39 is 0 Å². The van der Waals surface area contributed by atoms with Crippen molar-refractivity contribution in [2.24, 2.45) is 0 Å². The van der Waals surface area contributed by atoms with Crippen molar-refractivity contribution < 1.29 is 4.79 Å². The van der Waals surface area contributed by atoms with Crippen molar-refractivity contribution in [1.82, 2.24) is 9.88 Å². The molecule has 1 fully saturated rings. The maximum atomic E-state index is 12.7. The molecule has 110 valence electrons. The number of aromatic nitrogens is 1. The van der Waals surface area contributed by atoms with E-state index >= 15 is 0 Å². The maximum Gasteiger partial charge on any atom is 0.272 e. The molecule has 1 aliphatic rings. The molecule has 0 aliphatic carbocycles. The zero-order valence-corrected chi connectivity index (χ0v) is 12.2. The van der Waals surface area contributed by atoms with Gasteiger partial charge < -0.3 is 10.6 Å². The molecule has 1 aliphatic heterocycles. The van der Waals surface area contributed by atoms with Gasteiger partial charge in [-0.1, -0.05) is 43.5 Å². The second kappa shape index (κ2) is 6.12. The Kier molecular flexibility index (Phi) is 4.04. The number of carbonyl (C=O) groups excluding carboxylic acids is 1. The molecule has 2 N–H and O–H groups in total. The predicted molar refractivity (Wildman–Crippen MR) is 85.1 cm³/mol. The number of nitrogen functional groups attached to an aromatic ring is 1. The molecule has 0 saturated carbocycles. The van der Waals surface area contributed by atoms with Gasteiger partial charge >= 0.3 is 0 Å². The van der Waals surface area contributed by atoms with Gasteiger partial charge in [-0.15, -0.1) is 0 Å². The van der Waals surface area contributed by atoms with Gasteiger partial charge in [0, 0.05) is 18.5 Å². The van der Waals surface area contributed by atoms with Crippen LogP contribution in [0, 0.1) is 0 Å². The summed E-state index contributed by atoms with van der Waals surface area (Å²) in [5.74, 6) is 0.442. The number of nitrogens with zero attached hydrogens (tertiary/aromatic N) is 2. The van der Waals surface area contributed by atoms with Gasteiger partial charge in [0.1, 0.15) is 11.5 Å². The highest BCUT2D eigenvalue weighted by atomic mass is 16.2. The summed E-state index contributed by atoms with van der Waals surface area (Å²) in [7, 11) is 0. The Morgan fingerprint density at radius 2 is 1.71 bits per heavy atom. The Balaban J connectivity index is 1.89. The first-order valence-electron chi connectivity index (χ1n) is 7.70. The van der Waals surface area contributed by atoms with Crippen LogP contribution in [0.3, 0.4) is 0 Å². The van der Waals surface area contributed by atoms with E-state index in [0.717, 1.165) is 36.7 Å². The van der Waals surface area contributed by atoms with Gasteiger partial charge in [-0.25, -0.2) is 4.98 Å². The van der Waals surface area contributed by atoms with Crippen molar-refractivity contribution in [3.63, 3.8) is 0 Å². The molecule has 2 heterocycles. The van der Waals surface area contributed by atoms with Crippen LogP contribution in [0.4, 0.5) is 5.82 Å². The van der Waals surface area contributed by atoms with Gasteiger partial charge in [0.05, 0.1) is 0 Å². The number of nitrogens with two attached hydrogens (primary N) is 1. The topological polar surface area (TPSA) is 59.2 Å². The number of hydrogen-bond donors (Lipinski definition) is 1. The minimum absolute atomic E-state index is 0.00866. The minimum Gasteiger partial charge on any atom is -0.383 e. The quantitative estimate of drug-likeness (QED) is 0.874. The zero-order valence-electron chi connectivity index (χ0n) is 12.2. The fourth-order valence-corrected chi connectivity index (χ4v) is 2.95. The number of pyridine rings is 1. The first-order chi connectivity index (χ1) is 10.3. The number of rotatable bonds is 1. The molecular weight excluding hydrogens is 262 g/mol. The first-order valence-corrected chi connectivity index (χ1v) is 7.70. The van der Waals surface area contributed by atoms with Crippen molar-refractivity contribution in [3.8, 4) is 0 Å². The summed E-state index contributed by atoms with van der Waals surface area (Å²) in [6.07, 6.45) is 5.85. The number of benzene rings is 1. The Morgan fingerprint density at radius 1 is 1.05 bits per heavy atom. The molecule has 1 saturated heterocycles. The molecule has 1 aromatic heterocycles. The molecule has 1 aromatic carbocycles. The lowest BCUT2D eigenvalue weighted by molar-refractivity contribution is 0.0737. The van der Waals surface area contributed by atoms with E-state index in [-0.39, 0.29) is 5.91 Å². The van der Waals surface area contributed by atoms with Gasteiger partial charge in [0.2, 0.25) is 0 Å². The zero-order chi connectivity index (χ0) is 14.7. The Labute approximate surface area is 125 Å². The van der Waals surface area contributed by atoms with Crippen LogP contribution in [0.2, 0.25) is 0 Å². The van der Waals surface area contributed by atoms with Crippen LogP contribution in [0.5, 0.6) is 0 Å². The number of fused-ring (bicyclic) bond motifs is 1. The summed E-state index contributed by atoms with van der Waals surface area (Å²) in [5, 5.41) is 1.88. The summed E-state index contributed by atoms with van der Waals surface area (Å²) >= 11 is 0. The van der Waals surface area contributed by atoms with Gasteiger partial charge in [-0.2, -0.15) is 0 Å². The van der Waals surface area contributed by atoms with E-state index in [1.54, 1.807) is 0 Å². The Hall–Kier alpha value is -2.10. The Morgan fingerprint density at radius 3 is 2.48 bits per heavy atom. The molecule has 2 aromatic rings. The lowest BCUT2D eigenvalue weighted by atomic mass is 10.1. The van der Waals surface area contributed by atoms with Crippen molar-refractivity contribution in [2.45, 2.75) is 32.1 Å². The van der Waals surface area contributed by atoms with E-state index in [4.69, 9.17) is 5.73 Å². The van der Waals surface area contributed by atoms with Crippen LogP contribution in [-0.2, 0) is 0 Å². The SMILES string of the molecule is Nc1nc(C(=O)N2CCCCCCC2)cc2ccccc12. The highest BCUT2D eigenvalue weighted by Gasteiger charge is 2.19. The second-order valence-electron chi connectivity index (χ2n) is 5.67. The molecule has 4 nitrogen and oxygen atoms in total.